The van der Waals surface area contributed by atoms with Crippen LogP contribution in [0, 0.1) is 5.92 Å². The number of esters is 1. The molecule has 2 rings (SSSR count). The fourth-order valence-corrected chi connectivity index (χ4v) is 2.04. The lowest BCUT2D eigenvalue weighted by molar-refractivity contribution is -0.146. The molecule has 0 amide bonds. The van der Waals surface area contributed by atoms with E-state index in [1.807, 2.05) is 24.3 Å². The number of ether oxygens (including phenoxy) is 2. The molecule has 1 saturated heterocycles. The van der Waals surface area contributed by atoms with Gasteiger partial charge in [-0.2, -0.15) is 0 Å². The Morgan fingerprint density at radius 2 is 2.12 bits per heavy atom. The molecule has 1 heterocycles. The summed E-state index contributed by atoms with van der Waals surface area (Å²) in [6.45, 7) is 1.41. The van der Waals surface area contributed by atoms with E-state index in [0.29, 0.717) is 12.2 Å². The summed E-state index contributed by atoms with van der Waals surface area (Å²) in [7, 11) is 1.57. The first-order chi connectivity index (χ1) is 8.13. The summed E-state index contributed by atoms with van der Waals surface area (Å²) in [5, 5.41) is 0. The fourth-order valence-electron chi connectivity index (χ4n) is 2.04. The molecule has 0 spiro atoms. The molecule has 2 atom stereocenters. The lowest BCUT2D eigenvalue weighted by Gasteiger charge is -2.13. The molecule has 0 radical (unpaired) electrons. The molecule has 4 heteroatoms. The van der Waals surface area contributed by atoms with E-state index < -0.39 is 11.9 Å². The molecule has 1 aliphatic rings. The number of hydrogen-bond donors (Lipinski definition) is 0. The molecule has 1 fully saturated rings. The third kappa shape index (κ3) is 2.16. The van der Waals surface area contributed by atoms with Crippen molar-refractivity contribution in [2.45, 2.75) is 19.4 Å². The van der Waals surface area contributed by atoms with E-state index in [4.69, 9.17) is 9.47 Å². The zero-order chi connectivity index (χ0) is 12.4. The quantitative estimate of drug-likeness (QED) is 0.592. The maximum atomic E-state index is 11.5. The zero-order valence-electron chi connectivity index (χ0n) is 9.80. The van der Waals surface area contributed by atoms with Crippen LogP contribution in [0.15, 0.2) is 24.3 Å². The lowest BCUT2D eigenvalue weighted by atomic mass is 9.97. The van der Waals surface area contributed by atoms with Crippen molar-refractivity contribution in [3.63, 3.8) is 0 Å². The summed E-state index contributed by atoms with van der Waals surface area (Å²) in [6.07, 6.45) is 0.0155. The Kier molecular flexibility index (Phi) is 3.13. The van der Waals surface area contributed by atoms with Crippen molar-refractivity contribution in [3.05, 3.63) is 29.8 Å². The summed E-state index contributed by atoms with van der Waals surface area (Å²) in [5.41, 5.74) is 0.812. The van der Waals surface area contributed by atoms with Gasteiger partial charge in [0.05, 0.1) is 7.11 Å². The Morgan fingerprint density at radius 1 is 1.41 bits per heavy atom. The smallest absolute Gasteiger partial charge is 0.317 e. The van der Waals surface area contributed by atoms with E-state index in [2.05, 4.69) is 0 Å². The lowest BCUT2D eigenvalue weighted by Crippen LogP contribution is -2.15. The van der Waals surface area contributed by atoms with E-state index in [9.17, 15) is 9.59 Å². The number of benzene rings is 1. The SMILES string of the molecule is COc1ccccc1C1CC(C(C)=O)C(=O)O1. The summed E-state index contributed by atoms with van der Waals surface area (Å²) in [5.74, 6) is -0.541. The maximum Gasteiger partial charge on any atom is 0.317 e. The van der Waals surface area contributed by atoms with E-state index in [1.54, 1.807) is 7.11 Å². The number of methoxy groups -OCH3 is 1. The summed E-state index contributed by atoms with van der Waals surface area (Å²) >= 11 is 0. The van der Waals surface area contributed by atoms with E-state index in [-0.39, 0.29) is 11.9 Å². The molecule has 90 valence electrons. The molecule has 1 aliphatic heterocycles. The molecule has 0 saturated carbocycles. The normalized spacial score (nSPS) is 23.3. The number of carbonyl (C=O) groups excluding carboxylic acids is 2. The summed E-state index contributed by atoms with van der Waals surface area (Å²) in [4.78, 5) is 22.8. The van der Waals surface area contributed by atoms with Gasteiger partial charge in [0.1, 0.15) is 23.6 Å². The number of cyclic esters (lactones) is 1. The molecule has 4 nitrogen and oxygen atoms in total. The van der Waals surface area contributed by atoms with Crippen molar-refractivity contribution in [1.29, 1.82) is 0 Å². The van der Waals surface area contributed by atoms with Crippen LogP contribution in [0.3, 0.4) is 0 Å². The van der Waals surface area contributed by atoms with Crippen LogP contribution < -0.4 is 4.74 Å². The van der Waals surface area contributed by atoms with E-state index >= 15 is 0 Å². The van der Waals surface area contributed by atoms with E-state index in [0.717, 1.165) is 5.56 Å². The van der Waals surface area contributed by atoms with Crippen LogP contribution >= 0.6 is 0 Å². The van der Waals surface area contributed by atoms with Gasteiger partial charge in [-0.05, 0) is 13.0 Å². The van der Waals surface area contributed by atoms with Crippen LogP contribution in [0.5, 0.6) is 5.75 Å². The van der Waals surface area contributed by atoms with Crippen molar-refractivity contribution in [1.82, 2.24) is 0 Å². The molecular weight excluding hydrogens is 220 g/mol. The molecule has 1 aromatic rings. The van der Waals surface area contributed by atoms with E-state index in [1.165, 1.54) is 6.92 Å². The van der Waals surface area contributed by atoms with Gasteiger partial charge in [-0.3, -0.25) is 9.59 Å². The van der Waals surface area contributed by atoms with Crippen LogP contribution in [-0.4, -0.2) is 18.9 Å². The summed E-state index contributed by atoms with van der Waals surface area (Å²) in [6, 6.07) is 7.36. The van der Waals surface area contributed by atoms with Gasteiger partial charge in [0.15, 0.2) is 0 Å². The largest absolute Gasteiger partial charge is 0.496 e. The Labute approximate surface area is 99.5 Å². The van der Waals surface area contributed by atoms with Crippen molar-refractivity contribution in [2.75, 3.05) is 7.11 Å². The van der Waals surface area contributed by atoms with Gasteiger partial charge in [-0.25, -0.2) is 0 Å². The Hall–Kier alpha value is -1.84. The number of carbonyl (C=O) groups is 2. The number of hydrogen-bond acceptors (Lipinski definition) is 4. The third-order valence-electron chi connectivity index (χ3n) is 2.97. The highest BCUT2D eigenvalue weighted by Crippen LogP contribution is 2.37. The molecule has 0 bridgehead atoms. The maximum absolute atomic E-state index is 11.5. The molecular formula is C13H14O4. The minimum atomic E-state index is -0.634. The average molecular weight is 234 g/mol. The van der Waals surface area contributed by atoms with Crippen molar-refractivity contribution < 1.29 is 19.1 Å². The van der Waals surface area contributed by atoms with Gasteiger partial charge in [-0.15, -0.1) is 0 Å². The Morgan fingerprint density at radius 3 is 2.71 bits per heavy atom. The number of Topliss-reactive ketones (excluding diaryl/α,β-unsaturated/α-hetero) is 1. The van der Waals surface area contributed by atoms with Gasteiger partial charge >= 0.3 is 5.97 Å². The van der Waals surface area contributed by atoms with Crippen molar-refractivity contribution in [3.8, 4) is 5.75 Å². The highest BCUT2D eigenvalue weighted by atomic mass is 16.6. The van der Waals surface area contributed by atoms with Crippen LogP contribution in [-0.2, 0) is 14.3 Å². The Balaban J connectivity index is 2.25. The first kappa shape index (κ1) is 11.6. The monoisotopic (exact) mass is 234 g/mol. The average Bonchev–Trinajstić information content (AvgIpc) is 2.71. The summed E-state index contributed by atoms with van der Waals surface area (Å²) < 4.78 is 10.4. The highest BCUT2D eigenvalue weighted by Gasteiger charge is 2.39. The zero-order valence-corrected chi connectivity index (χ0v) is 9.80. The first-order valence-electron chi connectivity index (χ1n) is 5.47. The second-order valence-corrected chi connectivity index (χ2v) is 4.07. The predicted octanol–water partition coefficient (Wildman–Crippen LogP) is 1.89. The standard InChI is InChI=1S/C13H14O4/c1-8(14)10-7-12(17-13(10)15)9-5-3-4-6-11(9)16-2/h3-6,10,12H,7H2,1-2H3. The minimum absolute atomic E-state index is 0.146. The van der Waals surface area contributed by atoms with Gasteiger partial charge in [-0.1, -0.05) is 18.2 Å². The van der Waals surface area contributed by atoms with Crippen molar-refractivity contribution in [2.24, 2.45) is 5.92 Å². The van der Waals surface area contributed by atoms with Crippen LogP contribution in [0.4, 0.5) is 0 Å². The molecule has 0 N–H and O–H groups in total. The Bertz CT molecular complexity index is 452. The molecule has 0 aromatic heterocycles. The van der Waals surface area contributed by atoms with Crippen LogP contribution in [0.25, 0.3) is 0 Å². The van der Waals surface area contributed by atoms with Gasteiger partial charge < -0.3 is 9.47 Å². The number of ketones is 1. The second-order valence-electron chi connectivity index (χ2n) is 4.07. The molecule has 1 aromatic carbocycles. The molecule has 2 unspecified atom stereocenters. The topological polar surface area (TPSA) is 52.6 Å². The van der Waals surface area contributed by atoms with Crippen molar-refractivity contribution >= 4 is 11.8 Å². The van der Waals surface area contributed by atoms with Gasteiger partial charge in [0, 0.05) is 12.0 Å². The number of rotatable bonds is 3. The van der Waals surface area contributed by atoms with Gasteiger partial charge in [0.25, 0.3) is 0 Å². The first-order valence-corrected chi connectivity index (χ1v) is 5.47. The fraction of sp³-hybridized carbons (Fsp3) is 0.385. The second kappa shape index (κ2) is 4.57. The third-order valence-corrected chi connectivity index (χ3v) is 2.97. The number of para-hydroxylation sites is 1. The van der Waals surface area contributed by atoms with Crippen LogP contribution in [0.1, 0.15) is 25.0 Å². The van der Waals surface area contributed by atoms with Gasteiger partial charge in [0.2, 0.25) is 0 Å². The molecule has 0 aliphatic carbocycles. The minimum Gasteiger partial charge on any atom is -0.496 e. The predicted molar refractivity (Wildman–Crippen MR) is 60.6 cm³/mol. The highest BCUT2D eigenvalue weighted by molar-refractivity contribution is 5.99. The molecule has 17 heavy (non-hydrogen) atoms. The van der Waals surface area contributed by atoms with Crippen LogP contribution in [0.2, 0.25) is 0 Å².